The Morgan fingerprint density at radius 1 is 1.30 bits per heavy atom. The number of hydrogen-bond donors (Lipinski definition) is 2. The number of halogens is 1. The number of hydrogen-bond acceptors (Lipinski definition) is 3. The molecule has 0 radical (unpaired) electrons. The molecule has 0 saturated carbocycles. The minimum atomic E-state index is -1.20. The highest BCUT2D eigenvalue weighted by molar-refractivity contribution is 7.99. The minimum absolute atomic E-state index is 0.0144. The van der Waals surface area contributed by atoms with Gasteiger partial charge in [0.05, 0.1) is 11.3 Å². The van der Waals surface area contributed by atoms with Gasteiger partial charge in [0, 0.05) is 18.8 Å². The van der Waals surface area contributed by atoms with E-state index in [1.807, 2.05) is 0 Å². The van der Waals surface area contributed by atoms with Crippen LogP contribution < -0.4 is 5.32 Å². The van der Waals surface area contributed by atoms with Gasteiger partial charge in [-0.3, -0.25) is 0 Å². The predicted molar refractivity (Wildman–Crippen MR) is 75.9 cm³/mol. The topological polar surface area (TPSA) is 69.6 Å². The quantitative estimate of drug-likeness (QED) is 0.880. The van der Waals surface area contributed by atoms with Crippen molar-refractivity contribution in [1.29, 1.82) is 0 Å². The Labute approximate surface area is 120 Å². The number of aromatic carboxylic acids is 1. The van der Waals surface area contributed by atoms with Crippen LogP contribution in [0.5, 0.6) is 0 Å². The summed E-state index contributed by atoms with van der Waals surface area (Å²) in [6.07, 6.45) is 0.896. The van der Waals surface area contributed by atoms with Crippen molar-refractivity contribution in [3.05, 3.63) is 29.6 Å². The molecule has 0 unspecified atom stereocenters. The van der Waals surface area contributed by atoms with Crippen molar-refractivity contribution in [3.63, 3.8) is 0 Å². The van der Waals surface area contributed by atoms with E-state index in [1.165, 1.54) is 0 Å². The van der Waals surface area contributed by atoms with Gasteiger partial charge >= 0.3 is 12.0 Å². The summed E-state index contributed by atoms with van der Waals surface area (Å²) < 4.78 is 13.2. The van der Waals surface area contributed by atoms with Crippen molar-refractivity contribution in [2.24, 2.45) is 0 Å². The monoisotopic (exact) mass is 298 g/mol. The third-order valence-corrected chi connectivity index (χ3v) is 4.01. The van der Waals surface area contributed by atoms with Crippen LogP contribution in [0.15, 0.2) is 18.2 Å². The molecule has 0 aromatic heterocycles. The van der Waals surface area contributed by atoms with Crippen LogP contribution in [0, 0.1) is 5.82 Å². The van der Waals surface area contributed by atoms with Gasteiger partial charge in [-0.1, -0.05) is 0 Å². The number of nitrogens with one attached hydrogen (secondary N) is 1. The van der Waals surface area contributed by atoms with Gasteiger partial charge in [-0.05, 0) is 30.4 Å². The van der Waals surface area contributed by atoms with Gasteiger partial charge in [0.25, 0.3) is 0 Å². The number of carboxylic acid groups (broad SMARTS) is 1. The highest BCUT2D eigenvalue weighted by Gasteiger charge is 2.18. The number of anilines is 1. The number of carbonyl (C=O) groups excluding carboxylic acids is 1. The van der Waals surface area contributed by atoms with Crippen LogP contribution in [-0.2, 0) is 0 Å². The Balaban J connectivity index is 2.14. The third kappa shape index (κ3) is 3.63. The van der Waals surface area contributed by atoms with E-state index in [9.17, 15) is 14.0 Å². The molecule has 2 rings (SSSR count). The number of carboxylic acids is 1. The lowest BCUT2D eigenvalue weighted by Crippen LogP contribution is -2.36. The SMILES string of the molecule is O=C(O)c1ccc(F)cc1NC(=O)N1CCCSCC1. The maximum atomic E-state index is 13.2. The van der Waals surface area contributed by atoms with Crippen molar-refractivity contribution in [2.75, 3.05) is 29.9 Å². The second kappa shape index (κ2) is 6.60. The van der Waals surface area contributed by atoms with E-state index in [-0.39, 0.29) is 17.3 Å². The smallest absolute Gasteiger partial charge is 0.337 e. The maximum absolute atomic E-state index is 13.2. The lowest BCUT2D eigenvalue weighted by molar-refractivity contribution is 0.0698. The summed E-state index contributed by atoms with van der Waals surface area (Å²) >= 11 is 1.78. The normalized spacial score (nSPS) is 15.6. The largest absolute Gasteiger partial charge is 0.478 e. The molecule has 1 aromatic rings. The zero-order valence-corrected chi connectivity index (χ0v) is 11.6. The Hall–Kier alpha value is -1.76. The number of amides is 2. The Morgan fingerprint density at radius 3 is 2.85 bits per heavy atom. The highest BCUT2D eigenvalue weighted by atomic mass is 32.2. The molecule has 1 aliphatic rings. The fourth-order valence-corrected chi connectivity index (χ4v) is 2.84. The molecular formula is C13H15FN2O3S. The second-order valence-corrected chi connectivity index (χ2v) is 5.60. The van der Waals surface area contributed by atoms with Gasteiger partial charge in [-0.25, -0.2) is 14.0 Å². The van der Waals surface area contributed by atoms with E-state index >= 15 is 0 Å². The van der Waals surface area contributed by atoms with Crippen molar-refractivity contribution in [2.45, 2.75) is 6.42 Å². The van der Waals surface area contributed by atoms with Gasteiger partial charge in [-0.15, -0.1) is 0 Å². The predicted octanol–water partition coefficient (Wildman–Crippen LogP) is 2.49. The summed E-state index contributed by atoms with van der Waals surface area (Å²) in [6.45, 7) is 1.23. The summed E-state index contributed by atoms with van der Waals surface area (Å²) in [6, 6.07) is 2.84. The maximum Gasteiger partial charge on any atom is 0.337 e. The molecule has 2 N–H and O–H groups in total. The van der Waals surface area contributed by atoms with Gasteiger partial charge in [0.2, 0.25) is 0 Å². The third-order valence-electron chi connectivity index (χ3n) is 2.96. The van der Waals surface area contributed by atoms with Crippen LogP contribution in [0.1, 0.15) is 16.8 Å². The number of thioether (sulfide) groups is 1. The molecule has 2 amide bonds. The molecule has 1 heterocycles. The first-order valence-corrected chi connectivity index (χ1v) is 7.40. The zero-order chi connectivity index (χ0) is 14.5. The van der Waals surface area contributed by atoms with Crippen molar-refractivity contribution >= 4 is 29.4 Å². The Morgan fingerprint density at radius 2 is 2.10 bits per heavy atom. The van der Waals surface area contributed by atoms with E-state index in [0.29, 0.717) is 13.1 Å². The molecule has 0 atom stereocenters. The molecule has 7 heteroatoms. The lowest BCUT2D eigenvalue weighted by Gasteiger charge is -2.21. The Bertz CT molecular complexity index is 516. The van der Waals surface area contributed by atoms with E-state index in [1.54, 1.807) is 16.7 Å². The number of nitrogens with zero attached hydrogens (tertiary/aromatic N) is 1. The van der Waals surface area contributed by atoms with Crippen LogP contribution in [0.25, 0.3) is 0 Å². The van der Waals surface area contributed by atoms with E-state index in [0.717, 1.165) is 36.1 Å². The van der Waals surface area contributed by atoms with Crippen LogP contribution in [0.3, 0.4) is 0 Å². The molecule has 0 spiro atoms. The fraction of sp³-hybridized carbons (Fsp3) is 0.385. The molecule has 0 aliphatic carbocycles. The number of benzene rings is 1. The molecule has 1 saturated heterocycles. The molecule has 5 nitrogen and oxygen atoms in total. The van der Waals surface area contributed by atoms with E-state index < -0.39 is 11.8 Å². The van der Waals surface area contributed by atoms with Crippen LogP contribution in [0.4, 0.5) is 14.9 Å². The van der Waals surface area contributed by atoms with Gasteiger partial charge < -0.3 is 15.3 Å². The van der Waals surface area contributed by atoms with Gasteiger partial charge in [0.1, 0.15) is 5.82 Å². The number of rotatable bonds is 2. The van der Waals surface area contributed by atoms with Gasteiger partial charge in [0.15, 0.2) is 0 Å². The standard InChI is InChI=1S/C13H15FN2O3S/c14-9-2-3-10(12(17)18)11(8-9)15-13(19)16-4-1-6-20-7-5-16/h2-3,8H,1,4-7H2,(H,15,19)(H,17,18). The summed E-state index contributed by atoms with van der Waals surface area (Å²) in [7, 11) is 0. The minimum Gasteiger partial charge on any atom is -0.478 e. The average Bonchev–Trinajstić information content (AvgIpc) is 2.67. The summed E-state index contributed by atoms with van der Waals surface area (Å²) in [4.78, 5) is 24.8. The first-order chi connectivity index (χ1) is 9.58. The Kier molecular flexibility index (Phi) is 4.84. The van der Waals surface area contributed by atoms with E-state index in [4.69, 9.17) is 5.11 Å². The summed E-state index contributed by atoms with van der Waals surface area (Å²) in [5.74, 6) is 0.0652. The molecular weight excluding hydrogens is 283 g/mol. The second-order valence-electron chi connectivity index (χ2n) is 4.38. The molecule has 1 fully saturated rings. The molecule has 1 aromatic carbocycles. The van der Waals surface area contributed by atoms with E-state index in [2.05, 4.69) is 5.32 Å². The molecule has 0 bridgehead atoms. The summed E-state index contributed by atoms with van der Waals surface area (Å²) in [5.41, 5.74) is -0.136. The number of carbonyl (C=O) groups is 2. The number of urea groups is 1. The van der Waals surface area contributed by atoms with Crippen LogP contribution >= 0.6 is 11.8 Å². The van der Waals surface area contributed by atoms with Crippen LogP contribution in [-0.4, -0.2) is 46.6 Å². The average molecular weight is 298 g/mol. The summed E-state index contributed by atoms with van der Waals surface area (Å²) in [5, 5.41) is 11.5. The lowest BCUT2D eigenvalue weighted by atomic mass is 10.2. The van der Waals surface area contributed by atoms with Crippen molar-refractivity contribution < 1.29 is 19.1 Å². The van der Waals surface area contributed by atoms with Crippen LogP contribution in [0.2, 0.25) is 0 Å². The highest BCUT2D eigenvalue weighted by Crippen LogP contribution is 2.19. The fourth-order valence-electron chi connectivity index (χ4n) is 1.95. The first kappa shape index (κ1) is 14.6. The van der Waals surface area contributed by atoms with Crippen molar-refractivity contribution in [3.8, 4) is 0 Å². The molecule has 20 heavy (non-hydrogen) atoms. The zero-order valence-electron chi connectivity index (χ0n) is 10.8. The first-order valence-electron chi connectivity index (χ1n) is 6.24. The van der Waals surface area contributed by atoms with Crippen molar-refractivity contribution in [1.82, 2.24) is 4.90 Å². The van der Waals surface area contributed by atoms with Gasteiger partial charge in [-0.2, -0.15) is 11.8 Å². The molecule has 1 aliphatic heterocycles. The molecule has 108 valence electrons.